The standard InChI is InChI=1S/C17H25N5O/c1-12(17(2,3)11-22(4)5)18-16(23)15-14(19-21-20-15)13-9-7-6-8-10-13/h6-10,12H,11H2,1-5H3,(H,18,23)(H,19,20,21)/t12-/m0/s1. The van der Waals surface area contributed by atoms with E-state index in [4.69, 9.17) is 0 Å². The van der Waals surface area contributed by atoms with E-state index in [0.29, 0.717) is 11.4 Å². The number of carbonyl (C=O) groups excluding carboxylic acids is 1. The van der Waals surface area contributed by atoms with Gasteiger partial charge in [-0.2, -0.15) is 15.4 Å². The van der Waals surface area contributed by atoms with Crippen molar-refractivity contribution in [2.24, 2.45) is 5.41 Å². The van der Waals surface area contributed by atoms with Crippen LogP contribution in [0.3, 0.4) is 0 Å². The highest BCUT2D eigenvalue weighted by atomic mass is 16.2. The second kappa shape index (κ2) is 6.91. The van der Waals surface area contributed by atoms with Gasteiger partial charge in [0, 0.05) is 18.2 Å². The Morgan fingerprint density at radius 2 is 1.91 bits per heavy atom. The summed E-state index contributed by atoms with van der Waals surface area (Å²) in [5, 5.41) is 13.8. The normalized spacial score (nSPS) is 13.1. The van der Waals surface area contributed by atoms with Crippen LogP contribution in [-0.4, -0.2) is 52.9 Å². The van der Waals surface area contributed by atoms with Crippen LogP contribution >= 0.6 is 0 Å². The number of H-pyrrole nitrogens is 1. The Hall–Kier alpha value is -2.21. The third-order valence-electron chi connectivity index (χ3n) is 4.05. The van der Waals surface area contributed by atoms with E-state index in [9.17, 15) is 4.79 Å². The number of amides is 1. The molecule has 6 nitrogen and oxygen atoms in total. The molecule has 6 heteroatoms. The van der Waals surface area contributed by atoms with E-state index in [0.717, 1.165) is 12.1 Å². The Labute approximate surface area is 137 Å². The fraction of sp³-hybridized carbons (Fsp3) is 0.471. The molecule has 1 aromatic carbocycles. The highest BCUT2D eigenvalue weighted by Gasteiger charge is 2.29. The van der Waals surface area contributed by atoms with Gasteiger partial charge in [-0.25, -0.2) is 0 Å². The van der Waals surface area contributed by atoms with E-state index in [1.807, 2.05) is 51.4 Å². The summed E-state index contributed by atoms with van der Waals surface area (Å²) in [6.45, 7) is 7.17. The maximum atomic E-state index is 12.6. The Morgan fingerprint density at radius 3 is 2.52 bits per heavy atom. The first-order valence-electron chi connectivity index (χ1n) is 7.73. The summed E-state index contributed by atoms with van der Waals surface area (Å²) in [5.41, 5.74) is 1.70. The quantitative estimate of drug-likeness (QED) is 0.857. The summed E-state index contributed by atoms with van der Waals surface area (Å²) < 4.78 is 0. The minimum Gasteiger partial charge on any atom is -0.348 e. The molecule has 124 valence electrons. The molecule has 23 heavy (non-hydrogen) atoms. The molecule has 0 fully saturated rings. The molecule has 2 N–H and O–H groups in total. The third kappa shape index (κ3) is 4.16. The minimum absolute atomic E-state index is 0.00211. The maximum Gasteiger partial charge on any atom is 0.274 e. The molecule has 0 aliphatic heterocycles. The predicted molar refractivity (Wildman–Crippen MR) is 91.1 cm³/mol. The zero-order valence-electron chi connectivity index (χ0n) is 14.4. The van der Waals surface area contributed by atoms with Crippen LogP contribution in [-0.2, 0) is 0 Å². The molecular formula is C17H25N5O. The molecule has 1 atom stereocenters. The van der Waals surface area contributed by atoms with Gasteiger partial charge in [0.15, 0.2) is 5.69 Å². The first-order valence-corrected chi connectivity index (χ1v) is 7.73. The number of aromatic amines is 1. The number of aromatic nitrogens is 3. The summed E-state index contributed by atoms with van der Waals surface area (Å²) in [7, 11) is 4.06. The van der Waals surface area contributed by atoms with Gasteiger partial charge in [0.1, 0.15) is 5.69 Å². The van der Waals surface area contributed by atoms with Crippen LogP contribution < -0.4 is 5.32 Å². The van der Waals surface area contributed by atoms with E-state index >= 15 is 0 Å². The fourth-order valence-electron chi connectivity index (χ4n) is 2.60. The van der Waals surface area contributed by atoms with Crippen molar-refractivity contribution in [1.29, 1.82) is 0 Å². The Bertz CT molecular complexity index is 648. The smallest absolute Gasteiger partial charge is 0.274 e. The van der Waals surface area contributed by atoms with Crippen molar-refractivity contribution < 1.29 is 4.79 Å². The van der Waals surface area contributed by atoms with Gasteiger partial charge in [-0.05, 0) is 26.4 Å². The molecule has 1 amide bonds. The number of carbonyl (C=O) groups is 1. The molecule has 0 unspecified atom stereocenters. The van der Waals surface area contributed by atoms with Crippen molar-refractivity contribution in [3.8, 4) is 11.3 Å². The molecule has 0 radical (unpaired) electrons. The van der Waals surface area contributed by atoms with E-state index in [1.165, 1.54) is 0 Å². The topological polar surface area (TPSA) is 73.9 Å². The van der Waals surface area contributed by atoms with Crippen LogP contribution in [0.1, 0.15) is 31.3 Å². The van der Waals surface area contributed by atoms with Crippen LogP contribution in [0.2, 0.25) is 0 Å². The summed E-state index contributed by atoms with van der Waals surface area (Å²) in [4.78, 5) is 14.7. The van der Waals surface area contributed by atoms with E-state index in [2.05, 4.69) is 39.5 Å². The zero-order valence-corrected chi connectivity index (χ0v) is 14.4. The van der Waals surface area contributed by atoms with E-state index in [1.54, 1.807) is 0 Å². The number of hydrogen-bond donors (Lipinski definition) is 2. The first-order chi connectivity index (χ1) is 10.8. The SMILES string of the molecule is C[C@H](NC(=O)c1n[nH]nc1-c1ccccc1)C(C)(C)CN(C)C. The van der Waals surface area contributed by atoms with Crippen molar-refractivity contribution in [3.05, 3.63) is 36.0 Å². The van der Waals surface area contributed by atoms with E-state index < -0.39 is 0 Å². The molecular weight excluding hydrogens is 290 g/mol. The lowest BCUT2D eigenvalue weighted by molar-refractivity contribution is 0.0881. The summed E-state index contributed by atoms with van der Waals surface area (Å²) in [6, 6.07) is 9.57. The number of rotatable bonds is 6. The van der Waals surface area contributed by atoms with E-state index in [-0.39, 0.29) is 17.4 Å². The number of nitrogens with zero attached hydrogens (tertiary/aromatic N) is 3. The molecule has 0 aliphatic rings. The largest absolute Gasteiger partial charge is 0.348 e. The second-order valence-corrected chi connectivity index (χ2v) is 6.81. The molecule has 2 rings (SSSR count). The van der Waals surface area contributed by atoms with Crippen LogP contribution in [0.15, 0.2) is 30.3 Å². The van der Waals surface area contributed by atoms with Gasteiger partial charge in [-0.1, -0.05) is 44.2 Å². The van der Waals surface area contributed by atoms with Crippen molar-refractivity contribution >= 4 is 5.91 Å². The molecule has 0 aliphatic carbocycles. The monoisotopic (exact) mass is 315 g/mol. The average molecular weight is 315 g/mol. The molecule has 0 bridgehead atoms. The number of hydrogen-bond acceptors (Lipinski definition) is 4. The molecule has 1 heterocycles. The van der Waals surface area contributed by atoms with Crippen molar-refractivity contribution in [2.75, 3.05) is 20.6 Å². The third-order valence-corrected chi connectivity index (χ3v) is 4.05. The summed E-state index contributed by atoms with van der Waals surface area (Å²) >= 11 is 0. The second-order valence-electron chi connectivity index (χ2n) is 6.81. The van der Waals surface area contributed by atoms with Gasteiger partial charge in [-0.15, -0.1) is 0 Å². The van der Waals surface area contributed by atoms with Gasteiger partial charge in [0.05, 0.1) is 0 Å². The lowest BCUT2D eigenvalue weighted by Gasteiger charge is -2.34. The maximum absolute atomic E-state index is 12.6. The molecule has 0 spiro atoms. The highest BCUT2D eigenvalue weighted by molar-refractivity contribution is 5.98. The Balaban J connectivity index is 2.15. The molecule has 0 saturated carbocycles. The molecule has 1 aromatic heterocycles. The van der Waals surface area contributed by atoms with Crippen LogP contribution in [0.4, 0.5) is 0 Å². The number of nitrogens with one attached hydrogen (secondary N) is 2. The minimum atomic E-state index is -0.211. The van der Waals surface area contributed by atoms with Gasteiger partial charge in [-0.3, -0.25) is 4.79 Å². The fourth-order valence-corrected chi connectivity index (χ4v) is 2.60. The zero-order chi connectivity index (χ0) is 17.0. The van der Waals surface area contributed by atoms with Gasteiger partial charge in [0.2, 0.25) is 0 Å². The Morgan fingerprint density at radius 1 is 1.26 bits per heavy atom. The molecule has 2 aromatic rings. The number of benzene rings is 1. The van der Waals surface area contributed by atoms with Crippen molar-refractivity contribution in [2.45, 2.75) is 26.8 Å². The van der Waals surface area contributed by atoms with Crippen LogP contribution in [0.25, 0.3) is 11.3 Å². The predicted octanol–water partition coefficient (Wildman–Crippen LogP) is 2.18. The van der Waals surface area contributed by atoms with Crippen molar-refractivity contribution in [1.82, 2.24) is 25.6 Å². The highest BCUT2D eigenvalue weighted by Crippen LogP contribution is 2.23. The molecule has 0 saturated heterocycles. The lowest BCUT2D eigenvalue weighted by Crippen LogP contribution is -2.47. The first kappa shape index (κ1) is 17.1. The van der Waals surface area contributed by atoms with Crippen molar-refractivity contribution in [3.63, 3.8) is 0 Å². The summed E-state index contributed by atoms with van der Waals surface area (Å²) in [5.74, 6) is -0.211. The van der Waals surface area contributed by atoms with Crippen LogP contribution in [0, 0.1) is 5.41 Å². The summed E-state index contributed by atoms with van der Waals surface area (Å²) in [6.07, 6.45) is 0. The van der Waals surface area contributed by atoms with Gasteiger partial charge in [0.25, 0.3) is 5.91 Å². The Kier molecular flexibility index (Phi) is 5.15. The van der Waals surface area contributed by atoms with Crippen LogP contribution in [0.5, 0.6) is 0 Å². The average Bonchev–Trinajstić information content (AvgIpc) is 2.96. The lowest BCUT2D eigenvalue weighted by atomic mass is 9.85. The van der Waals surface area contributed by atoms with Gasteiger partial charge >= 0.3 is 0 Å². The van der Waals surface area contributed by atoms with Gasteiger partial charge < -0.3 is 10.2 Å².